The zero-order chi connectivity index (χ0) is 14.4. The smallest absolute Gasteiger partial charge is 0.124 e. The molecule has 1 aliphatic carbocycles. The van der Waals surface area contributed by atoms with E-state index >= 15 is 0 Å². The molecule has 0 spiro atoms. The van der Waals surface area contributed by atoms with Crippen molar-refractivity contribution >= 4 is 11.6 Å². The van der Waals surface area contributed by atoms with Crippen LogP contribution >= 0.6 is 11.6 Å². The molecule has 20 heavy (non-hydrogen) atoms. The van der Waals surface area contributed by atoms with Crippen LogP contribution in [0.1, 0.15) is 64.0 Å². The molecule has 1 fully saturated rings. The zero-order valence-electron chi connectivity index (χ0n) is 12.6. The predicted molar refractivity (Wildman–Crippen MR) is 85.7 cm³/mol. The number of halogens is 1. The van der Waals surface area contributed by atoms with E-state index in [4.69, 9.17) is 16.3 Å². The van der Waals surface area contributed by atoms with Crippen LogP contribution in [-0.2, 0) is 0 Å². The van der Waals surface area contributed by atoms with E-state index in [2.05, 4.69) is 19.2 Å². The van der Waals surface area contributed by atoms with E-state index in [0.29, 0.717) is 6.10 Å². The van der Waals surface area contributed by atoms with E-state index in [-0.39, 0.29) is 6.04 Å². The number of benzene rings is 1. The molecule has 2 rings (SSSR count). The monoisotopic (exact) mass is 295 g/mol. The number of nitrogens with one attached hydrogen (secondary N) is 1. The van der Waals surface area contributed by atoms with E-state index in [9.17, 15) is 0 Å². The first-order valence-electron chi connectivity index (χ1n) is 7.90. The molecule has 0 radical (unpaired) electrons. The van der Waals surface area contributed by atoms with Gasteiger partial charge in [-0.15, -0.1) is 0 Å². The number of rotatable bonds is 5. The van der Waals surface area contributed by atoms with E-state index < -0.39 is 0 Å². The van der Waals surface area contributed by atoms with Gasteiger partial charge in [0.1, 0.15) is 5.75 Å². The Morgan fingerprint density at radius 2 is 1.95 bits per heavy atom. The number of hydrogen-bond donors (Lipinski definition) is 1. The van der Waals surface area contributed by atoms with Gasteiger partial charge in [0, 0.05) is 16.6 Å². The Morgan fingerprint density at radius 1 is 1.25 bits per heavy atom. The summed E-state index contributed by atoms with van der Waals surface area (Å²) in [6, 6.07) is 6.24. The lowest BCUT2D eigenvalue weighted by atomic mass is 10.1. The van der Waals surface area contributed by atoms with Crippen molar-refractivity contribution in [1.29, 1.82) is 0 Å². The third-order valence-electron chi connectivity index (χ3n) is 4.04. The SMILES string of the molecule is CCNC(C)c1cc(Cl)ccc1OC1CCCCCC1. The second-order valence-corrected chi connectivity index (χ2v) is 6.13. The van der Waals surface area contributed by atoms with Crippen LogP contribution in [0.15, 0.2) is 18.2 Å². The van der Waals surface area contributed by atoms with Gasteiger partial charge in [-0.3, -0.25) is 0 Å². The lowest BCUT2D eigenvalue weighted by Gasteiger charge is -2.22. The van der Waals surface area contributed by atoms with Gasteiger partial charge in [-0.05, 0) is 57.4 Å². The van der Waals surface area contributed by atoms with Gasteiger partial charge in [0.15, 0.2) is 0 Å². The minimum Gasteiger partial charge on any atom is -0.490 e. The highest BCUT2D eigenvalue weighted by molar-refractivity contribution is 6.30. The first-order valence-corrected chi connectivity index (χ1v) is 8.28. The predicted octanol–water partition coefficient (Wildman–Crippen LogP) is 5.11. The molecule has 0 aliphatic heterocycles. The van der Waals surface area contributed by atoms with Crippen molar-refractivity contribution in [3.63, 3.8) is 0 Å². The maximum Gasteiger partial charge on any atom is 0.124 e. The third kappa shape index (κ3) is 4.39. The van der Waals surface area contributed by atoms with Crippen molar-refractivity contribution in [3.05, 3.63) is 28.8 Å². The van der Waals surface area contributed by atoms with E-state index in [1.807, 2.05) is 18.2 Å². The van der Waals surface area contributed by atoms with Crippen LogP contribution in [0.3, 0.4) is 0 Å². The Bertz CT molecular complexity index is 413. The second-order valence-electron chi connectivity index (χ2n) is 5.69. The molecule has 1 saturated carbocycles. The van der Waals surface area contributed by atoms with E-state index in [1.54, 1.807) is 0 Å². The summed E-state index contributed by atoms with van der Waals surface area (Å²) in [4.78, 5) is 0. The number of ether oxygens (including phenoxy) is 1. The Labute approximate surface area is 127 Å². The maximum atomic E-state index is 6.29. The molecule has 1 atom stereocenters. The van der Waals surface area contributed by atoms with Gasteiger partial charge >= 0.3 is 0 Å². The van der Waals surface area contributed by atoms with E-state index in [0.717, 1.165) is 17.3 Å². The van der Waals surface area contributed by atoms with Crippen molar-refractivity contribution in [3.8, 4) is 5.75 Å². The lowest BCUT2D eigenvalue weighted by molar-refractivity contribution is 0.181. The molecule has 1 aliphatic rings. The Hall–Kier alpha value is -0.730. The van der Waals surface area contributed by atoms with Crippen LogP contribution in [-0.4, -0.2) is 12.6 Å². The van der Waals surface area contributed by atoms with Crippen LogP contribution in [0.4, 0.5) is 0 Å². The molecule has 1 aromatic carbocycles. The maximum absolute atomic E-state index is 6.29. The summed E-state index contributed by atoms with van der Waals surface area (Å²) in [5.74, 6) is 0.995. The average Bonchev–Trinajstić information content (AvgIpc) is 2.69. The molecular weight excluding hydrogens is 270 g/mol. The first-order chi connectivity index (χ1) is 9.70. The fraction of sp³-hybridized carbons (Fsp3) is 0.647. The molecule has 0 amide bonds. The quantitative estimate of drug-likeness (QED) is 0.762. The van der Waals surface area contributed by atoms with Crippen LogP contribution < -0.4 is 10.1 Å². The van der Waals surface area contributed by atoms with Gasteiger partial charge < -0.3 is 10.1 Å². The summed E-state index contributed by atoms with van der Waals surface area (Å²) in [5.41, 5.74) is 1.17. The van der Waals surface area contributed by atoms with Crippen LogP contribution in [0.25, 0.3) is 0 Å². The molecule has 1 N–H and O–H groups in total. The molecule has 0 aromatic heterocycles. The first kappa shape index (κ1) is 15.7. The Kier molecular flexibility index (Phi) is 6.18. The zero-order valence-corrected chi connectivity index (χ0v) is 13.4. The van der Waals surface area contributed by atoms with Gasteiger partial charge in [-0.1, -0.05) is 31.4 Å². The normalized spacial score (nSPS) is 18.6. The molecule has 1 unspecified atom stereocenters. The molecule has 0 saturated heterocycles. The van der Waals surface area contributed by atoms with Crippen molar-refractivity contribution in [2.75, 3.05) is 6.54 Å². The van der Waals surface area contributed by atoms with Gasteiger partial charge in [0.2, 0.25) is 0 Å². The van der Waals surface area contributed by atoms with Crippen LogP contribution in [0.5, 0.6) is 5.75 Å². The molecular formula is C17H26ClNO. The minimum absolute atomic E-state index is 0.263. The van der Waals surface area contributed by atoms with Crippen LogP contribution in [0, 0.1) is 0 Å². The lowest BCUT2D eigenvalue weighted by Crippen LogP contribution is -2.21. The van der Waals surface area contributed by atoms with Crippen molar-refractivity contribution in [1.82, 2.24) is 5.32 Å². The van der Waals surface area contributed by atoms with E-state index in [1.165, 1.54) is 44.1 Å². The molecule has 0 bridgehead atoms. The fourth-order valence-electron chi connectivity index (χ4n) is 2.92. The van der Waals surface area contributed by atoms with Crippen LogP contribution in [0.2, 0.25) is 5.02 Å². The highest BCUT2D eigenvalue weighted by Crippen LogP contribution is 2.31. The third-order valence-corrected chi connectivity index (χ3v) is 4.28. The second kappa shape index (κ2) is 7.90. The average molecular weight is 296 g/mol. The number of hydrogen-bond acceptors (Lipinski definition) is 2. The molecule has 0 heterocycles. The van der Waals surface area contributed by atoms with Gasteiger partial charge in [-0.2, -0.15) is 0 Å². The van der Waals surface area contributed by atoms with Crippen molar-refractivity contribution < 1.29 is 4.74 Å². The van der Waals surface area contributed by atoms with Crippen molar-refractivity contribution in [2.24, 2.45) is 0 Å². The van der Waals surface area contributed by atoms with Crippen molar-refractivity contribution in [2.45, 2.75) is 64.5 Å². The summed E-state index contributed by atoms with van der Waals surface area (Å²) in [6.45, 7) is 5.22. The standard InChI is InChI=1S/C17H26ClNO/c1-3-19-13(2)16-12-14(18)10-11-17(16)20-15-8-6-4-5-7-9-15/h10-13,15,19H,3-9H2,1-2H3. The highest BCUT2D eigenvalue weighted by Gasteiger charge is 2.17. The largest absolute Gasteiger partial charge is 0.490 e. The topological polar surface area (TPSA) is 21.3 Å². The Balaban J connectivity index is 2.12. The molecule has 112 valence electrons. The summed E-state index contributed by atoms with van der Waals surface area (Å²) in [5, 5.41) is 4.22. The minimum atomic E-state index is 0.263. The van der Waals surface area contributed by atoms with Gasteiger partial charge in [0.25, 0.3) is 0 Å². The summed E-state index contributed by atoms with van der Waals surface area (Å²) in [7, 11) is 0. The molecule has 1 aromatic rings. The summed E-state index contributed by atoms with van der Waals surface area (Å²) >= 11 is 6.15. The highest BCUT2D eigenvalue weighted by atomic mass is 35.5. The summed E-state index contributed by atoms with van der Waals surface area (Å²) in [6.07, 6.45) is 8.00. The summed E-state index contributed by atoms with van der Waals surface area (Å²) < 4.78 is 6.29. The van der Waals surface area contributed by atoms with Gasteiger partial charge in [0.05, 0.1) is 6.10 Å². The molecule has 2 nitrogen and oxygen atoms in total. The fourth-order valence-corrected chi connectivity index (χ4v) is 3.10. The molecule has 3 heteroatoms. The Morgan fingerprint density at radius 3 is 2.60 bits per heavy atom. The van der Waals surface area contributed by atoms with Gasteiger partial charge in [-0.25, -0.2) is 0 Å².